The van der Waals surface area contributed by atoms with Crippen molar-refractivity contribution in [2.24, 2.45) is 0 Å². The molecule has 0 aliphatic carbocycles. The summed E-state index contributed by atoms with van der Waals surface area (Å²) < 4.78 is 6.67. The maximum Gasteiger partial charge on any atom is 0.419 e. The lowest BCUT2D eigenvalue weighted by Gasteiger charge is -2.29. The van der Waals surface area contributed by atoms with Crippen LogP contribution in [0.5, 0.6) is 0 Å². The molecule has 2 aromatic carbocycles. The van der Waals surface area contributed by atoms with Gasteiger partial charge in [0.2, 0.25) is 5.91 Å². The Morgan fingerprint density at radius 3 is 2.69 bits per heavy atom. The minimum atomic E-state index is -0.478. The summed E-state index contributed by atoms with van der Waals surface area (Å²) in [6.45, 7) is 1.50. The number of carbonyl (C=O) groups is 1. The molecular formula is C19H16Cl2N2O3. The van der Waals surface area contributed by atoms with E-state index >= 15 is 0 Å². The average molecular weight is 391 g/mol. The van der Waals surface area contributed by atoms with Crippen molar-refractivity contribution < 1.29 is 9.21 Å². The molecule has 1 aliphatic heterocycles. The highest BCUT2D eigenvalue weighted by atomic mass is 35.5. The molecule has 3 aromatic rings. The summed E-state index contributed by atoms with van der Waals surface area (Å²) in [5, 5.41) is 1.22. The van der Waals surface area contributed by atoms with Gasteiger partial charge in [-0.05, 0) is 41.8 Å². The van der Waals surface area contributed by atoms with Crippen LogP contribution in [0, 0.1) is 0 Å². The lowest BCUT2D eigenvalue weighted by molar-refractivity contribution is -0.132. The van der Waals surface area contributed by atoms with Gasteiger partial charge in [0.05, 0.1) is 5.52 Å². The summed E-state index contributed by atoms with van der Waals surface area (Å²) in [5.74, 6) is -0.463. The molecule has 0 saturated carbocycles. The van der Waals surface area contributed by atoms with Crippen LogP contribution < -0.4 is 5.76 Å². The van der Waals surface area contributed by atoms with Crippen molar-refractivity contribution >= 4 is 40.2 Å². The molecule has 1 aromatic heterocycles. The molecule has 134 valence electrons. The number of rotatable bonds is 3. The number of fused-ring (bicyclic) bond motifs is 2. The Morgan fingerprint density at radius 1 is 1.08 bits per heavy atom. The van der Waals surface area contributed by atoms with Crippen molar-refractivity contribution in [1.82, 2.24) is 9.47 Å². The highest BCUT2D eigenvalue weighted by Crippen LogP contribution is 2.23. The third kappa shape index (κ3) is 3.24. The maximum absolute atomic E-state index is 12.6. The lowest BCUT2D eigenvalue weighted by Crippen LogP contribution is -2.36. The quantitative estimate of drug-likeness (QED) is 0.681. The Kier molecular flexibility index (Phi) is 4.51. The Balaban J connectivity index is 1.47. The van der Waals surface area contributed by atoms with Gasteiger partial charge < -0.3 is 9.32 Å². The summed E-state index contributed by atoms with van der Waals surface area (Å²) in [5.41, 5.74) is 3.38. The number of halogens is 2. The number of nitrogens with zero attached hydrogens (tertiary/aromatic N) is 2. The van der Waals surface area contributed by atoms with Gasteiger partial charge in [-0.3, -0.25) is 9.36 Å². The average Bonchev–Trinajstić information content (AvgIpc) is 2.93. The molecule has 4 rings (SSSR count). The van der Waals surface area contributed by atoms with E-state index in [2.05, 4.69) is 0 Å². The van der Waals surface area contributed by atoms with Gasteiger partial charge in [0, 0.05) is 42.2 Å². The second kappa shape index (κ2) is 6.82. The predicted octanol–water partition coefficient (Wildman–Crippen LogP) is 3.88. The van der Waals surface area contributed by atoms with Crippen LogP contribution in [-0.4, -0.2) is 21.9 Å². The molecule has 0 fully saturated rings. The molecule has 0 radical (unpaired) electrons. The van der Waals surface area contributed by atoms with Crippen LogP contribution >= 0.6 is 23.2 Å². The second-order valence-corrected chi connectivity index (χ2v) is 7.23. The van der Waals surface area contributed by atoms with Crippen LogP contribution in [0.1, 0.15) is 17.5 Å². The van der Waals surface area contributed by atoms with Crippen LogP contribution in [0.4, 0.5) is 0 Å². The molecule has 0 bridgehead atoms. The van der Waals surface area contributed by atoms with E-state index in [1.165, 1.54) is 10.1 Å². The number of aromatic nitrogens is 1. The van der Waals surface area contributed by atoms with Gasteiger partial charge in [0.25, 0.3) is 0 Å². The molecule has 0 saturated heterocycles. The van der Waals surface area contributed by atoms with E-state index < -0.39 is 5.76 Å². The van der Waals surface area contributed by atoms with Crippen molar-refractivity contribution in [2.75, 3.05) is 6.54 Å². The van der Waals surface area contributed by atoms with Crippen LogP contribution in [0.25, 0.3) is 11.1 Å². The van der Waals surface area contributed by atoms with Crippen molar-refractivity contribution in [3.05, 3.63) is 68.1 Å². The second-order valence-electron chi connectivity index (χ2n) is 6.36. The monoisotopic (exact) mass is 390 g/mol. The Morgan fingerprint density at radius 2 is 1.85 bits per heavy atom. The molecule has 0 spiro atoms. The van der Waals surface area contributed by atoms with Crippen molar-refractivity contribution in [3.8, 4) is 0 Å². The zero-order chi connectivity index (χ0) is 18.3. The SMILES string of the molecule is O=C(CCn1c(=O)oc2cc(Cl)ccc21)N1CCc2cc(Cl)ccc2C1. The highest BCUT2D eigenvalue weighted by molar-refractivity contribution is 6.31. The van der Waals surface area contributed by atoms with E-state index in [0.29, 0.717) is 29.2 Å². The number of hydrogen-bond donors (Lipinski definition) is 0. The van der Waals surface area contributed by atoms with Gasteiger partial charge in [-0.15, -0.1) is 0 Å². The van der Waals surface area contributed by atoms with Crippen LogP contribution in [0.15, 0.2) is 45.6 Å². The number of amides is 1. The zero-order valence-corrected chi connectivity index (χ0v) is 15.4. The lowest BCUT2D eigenvalue weighted by atomic mass is 9.99. The number of oxazole rings is 1. The van der Waals surface area contributed by atoms with E-state index in [1.54, 1.807) is 18.2 Å². The number of aryl methyl sites for hydroxylation is 1. The van der Waals surface area contributed by atoms with Crippen molar-refractivity contribution in [2.45, 2.75) is 25.9 Å². The standard InChI is InChI=1S/C19H16Cl2N2O3/c20-14-2-1-13-11-22(7-5-12(13)9-14)18(24)6-8-23-16-4-3-15(21)10-17(16)26-19(23)25/h1-4,9-10H,5-8,11H2. The highest BCUT2D eigenvalue weighted by Gasteiger charge is 2.21. The smallest absolute Gasteiger partial charge is 0.408 e. The van der Waals surface area contributed by atoms with E-state index in [0.717, 1.165) is 17.0 Å². The molecule has 1 amide bonds. The van der Waals surface area contributed by atoms with Crippen LogP contribution in [0.2, 0.25) is 10.0 Å². The molecule has 1 aliphatic rings. The van der Waals surface area contributed by atoms with Crippen LogP contribution in [-0.2, 0) is 24.3 Å². The predicted molar refractivity (Wildman–Crippen MR) is 101 cm³/mol. The summed E-state index contributed by atoms with van der Waals surface area (Å²) >= 11 is 11.9. The molecule has 5 nitrogen and oxygen atoms in total. The van der Waals surface area contributed by atoms with E-state index in [1.807, 2.05) is 23.1 Å². The first kappa shape index (κ1) is 17.2. The first-order valence-electron chi connectivity index (χ1n) is 8.35. The Hall–Kier alpha value is -2.24. The number of benzene rings is 2. The molecule has 7 heteroatoms. The molecule has 26 heavy (non-hydrogen) atoms. The van der Waals surface area contributed by atoms with Gasteiger partial charge in [-0.25, -0.2) is 4.79 Å². The summed E-state index contributed by atoms with van der Waals surface area (Å²) in [7, 11) is 0. The first-order chi connectivity index (χ1) is 12.5. The summed E-state index contributed by atoms with van der Waals surface area (Å²) in [6, 6.07) is 10.8. The maximum atomic E-state index is 12.6. The normalized spacial score (nSPS) is 13.8. The fourth-order valence-electron chi connectivity index (χ4n) is 3.35. The van der Waals surface area contributed by atoms with E-state index in [4.69, 9.17) is 27.6 Å². The van der Waals surface area contributed by atoms with Gasteiger partial charge >= 0.3 is 5.76 Å². The van der Waals surface area contributed by atoms with Crippen molar-refractivity contribution in [1.29, 1.82) is 0 Å². The van der Waals surface area contributed by atoms with Gasteiger partial charge in [0.1, 0.15) is 0 Å². The number of carbonyl (C=O) groups excluding carboxylic acids is 1. The van der Waals surface area contributed by atoms with Crippen LogP contribution in [0.3, 0.4) is 0 Å². The van der Waals surface area contributed by atoms with Crippen molar-refractivity contribution in [3.63, 3.8) is 0 Å². The zero-order valence-electron chi connectivity index (χ0n) is 13.9. The molecule has 0 unspecified atom stereocenters. The van der Waals surface area contributed by atoms with E-state index in [9.17, 15) is 9.59 Å². The fourth-order valence-corrected chi connectivity index (χ4v) is 3.71. The third-order valence-corrected chi connectivity index (χ3v) is 5.18. The first-order valence-corrected chi connectivity index (χ1v) is 9.11. The molecule has 0 N–H and O–H groups in total. The Bertz CT molecular complexity index is 1050. The van der Waals surface area contributed by atoms with Gasteiger partial charge in [0.15, 0.2) is 5.58 Å². The minimum Gasteiger partial charge on any atom is -0.408 e. The summed E-state index contributed by atoms with van der Waals surface area (Å²) in [6.07, 6.45) is 1.02. The Labute approximate surface area is 159 Å². The van der Waals surface area contributed by atoms with E-state index in [-0.39, 0.29) is 18.9 Å². The largest absolute Gasteiger partial charge is 0.419 e. The van der Waals surface area contributed by atoms with Gasteiger partial charge in [-0.1, -0.05) is 29.3 Å². The molecule has 2 heterocycles. The topological polar surface area (TPSA) is 55.5 Å². The number of hydrogen-bond acceptors (Lipinski definition) is 3. The molecular weight excluding hydrogens is 375 g/mol. The molecule has 0 atom stereocenters. The fraction of sp³-hybridized carbons (Fsp3) is 0.263. The third-order valence-electron chi connectivity index (χ3n) is 4.71. The van der Waals surface area contributed by atoms with Gasteiger partial charge in [-0.2, -0.15) is 0 Å². The summed E-state index contributed by atoms with van der Waals surface area (Å²) in [4.78, 5) is 26.5. The minimum absolute atomic E-state index is 0.0146.